The van der Waals surface area contributed by atoms with Gasteiger partial charge in [-0.25, -0.2) is 0 Å². The molecule has 19 heavy (non-hydrogen) atoms. The highest BCUT2D eigenvalue weighted by molar-refractivity contribution is 5.76. The molecule has 0 aromatic rings. The van der Waals surface area contributed by atoms with Crippen molar-refractivity contribution in [2.24, 2.45) is 5.92 Å². The second-order valence-electron chi connectivity index (χ2n) is 6.02. The molecule has 112 valence electrons. The van der Waals surface area contributed by atoms with Crippen molar-refractivity contribution >= 4 is 5.91 Å². The molecule has 1 fully saturated rings. The summed E-state index contributed by atoms with van der Waals surface area (Å²) in [7, 11) is 2.02. The van der Waals surface area contributed by atoms with Gasteiger partial charge in [-0.05, 0) is 25.8 Å². The summed E-state index contributed by atoms with van der Waals surface area (Å²) in [6.45, 7) is 6.34. The molecule has 1 aliphatic heterocycles. The lowest BCUT2D eigenvalue weighted by Crippen LogP contribution is -2.49. The Balaban J connectivity index is 2.13. The highest BCUT2D eigenvalue weighted by Crippen LogP contribution is 2.18. The van der Waals surface area contributed by atoms with E-state index >= 15 is 0 Å². The summed E-state index contributed by atoms with van der Waals surface area (Å²) in [5.74, 6) is 0.948. The quantitative estimate of drug-likeness (QED) is 0.686. The van der Waals surface area contributed by atoms with Gasteiger partial charge in [0.25, 0.3) is 0 Å². The van der Waals surface area contributed by atoms with Crippen LogP contribution in [0.4, 0.5) is 0 Å². The molecular weight excluding hydrogens is 236 g/mol. The summed E-state index contributed by atoms with van der Waals surface area (Å²) in [5, 5.41) is 3.35. The van der Waals surface area contributed by atoms with E-state index in [4.69, 9.17) is 0 Å². The number of nitrogens with one attached hydrogen (secondary N) is 1. The Morgan fingerprint density at radius 2 is 1.89 bits per heavy atom. The third-order valence-electron chi connectivity index (χ3n) is 4.37. The smallest absolute Gasteiger partial charge is 0.222 e. The molecule has 0 aromatic carbocycles. The van der Waals surface area contributed by atoms with E-state index in [0.29, 0.717) is 17.9 Å². The van der Waals surface area contributed by atoms with Gasteiger partial charge in [0.1, 0.15) is 0 Å². The highest BCUT2D eigenvalue weighted by atomic mass is 16.2. The van der Waals surface area contributed by atoms with E-state index in [1.54, 1.807) is 0 Å². The number of hydrogen-bond acceptors (Lipinski definition) is 2. The second-order valence-corrected chi connectivity index (χ2v) is 6.02. The molecule has 0 bridgehead atoms. The van der Waals surface area contributed by atoms with Crippen molar-refractivity contribution < 1.29 is 4.79 Å². The molecule has 1 N–H and O–H groups in total. The van der Waals surface area contributed by atoms with Crippen LogP contribution >= 0.6 is 0 Å². The van der Waals surface area contributed by atoms with E-state index in [-0.39, 0.29) is 0 Å². The molecule has 2 unspecified atom stereocenters. The van der Waals surface area contributed by atoms with Crippen LogP contribution in [0.15, 0.2) is 0 Å². The number of carbonyl (C=O) groups excluding carboxylic acids is 1. The molecule has 0 saturated carbocycles. The minimum Gasteiger partial charge on any atom is -0.342 e. The second kappa shape index (κ2) is 9.35. The fraction of sp³-hybridized carbons (Fsp3) is 0.938. The standard InChI is InChI=1S/C16H32N2O/c1-4-5-6-7-8-9-10-16(19)18-12-11-15(17-3)14(2)13-18/h14-15,17H,4-13H2,1-3H3. The van der Waals surface area contributed by atoms with Crippen molar-refractivity contribution in [2.45, 2.75) is 71.3 Å². The van der Waals surface area contributed by atoms with E-state index in [9.17, 15) is 4.79 Å². The van der Waals surface area contributed by atoms with Crippen molar-refractivity contribution in [3.05, 3.63) is 0 Å². The molecule has 2 atom stereocenters. The number of hydrogen-bond donors (Lipinski definition) is 1. The summed E-state index contributed by atoms with van der Waals surface area (Å²) in [6.07, 6.45) is 9.38. The number of piperidine rings is 1. The minimum atomic E-state index is 0.372. The minimum absolute atomic E-state index is 0.372. The number of carbonyl (C=O) groups is 1. The number of nitrogens with zero attached hydrogens (tertiary/aromatic N) is 1. The van der Waals surface area contributed by atoms with Gasteiger partial charge in [-0.1, -0.05) is 46.0 Å². The van der Waals surface area contributed by atoms with Crippen LogP contribution in [-0.4, -0.2) is 37.0 Å². The Bertz CT molecular complexity index is 255. The van der Waals surface area contributed by atoms with E-state index in [1.807, 2.05) is 7.05 Å². The molecule has 3 heteroatoms. The van der Waals surface area contributed by atoms with Gasteiger partial charge in [-0.2, -0.15) is 0 Å². The summed E-state index contributed by atoms with van der Waals surface area (Å²) in [6, 6.07) is 0.582. The molecular formula is C16H32N2O. The largest absolute Gasteiger partial charge is 0.342 e. The van der Waals surface area contributed by atoms with Crippen molar-refractivity contribution in [3.8, 4) is 0 Å². The predicted octanol–water partition coefficient (Wildman–Crippen LogP) is 3.19. The summed E-state index contributed by atoms with van der Waals surface area (Å²) in [4.78, 5) is 14.2. The molecule has 0 spiro atoms. The van der Waals surface area contributed by atoms with Gasteiger partial charge >= 0.3 is 0 Å². The van der Waals surface area contributed by atoms with Crippen LogP contribution in [0.25, 0.3) is 0 Å². The van der Waals surface area contributed by atoms with Crippen molar-refractivity contribution in [1.82, 2.24) is 10.2 Å². The Kier molecular flexibility index (Phi) is 8.11. The Labute approximate surface area is 119 Å². The summed E-state index contributed by atoms with van der Waals surface area (Å²) < 4.78 is 0. The zero-order valence-electron chi connectivity index (χ0n) is 13.1. The molecule has 1 amide bonds. The molecule has 1 heterocycles. The molecule has 0 radical (unpaired) electrons. The first-order valence-electron chi connectivity index (χ1n) is 8.14. The Morgan fingerprint density at radius 1 is 1.21 bits per heavy atom. The van der Waals surface area contributed by atoms with E-state index in [2.05, 4.69) is 24.1 Å². The topological polar surface area (TPSA) is 32.3 Å². The molecule has 1 rings (SSSR count). The van der Waals surface area contributed by atoms with Crippen LogP contribution in [0.1, 0.15) is 65.2 Å². The summed E-state index contributed by atoms with van der Waals surface area (Å²) >= 11 is 0. The zero-order valence-corrected chi connectivity index (χ0v) is 13.1. The van der Waals surface area contributed by atoms with E-state index < -0.39 is 0 Å². The Hall–Kier alpha value is -0.570. The molecule has 0 aliphatic carbocycles. The van der Waals surface area contributed by atoms with Gasteiger partial charge in [0.2, 0.25) is 5.91 Å². The monoisotopic (exact) mass is 268 g/mol. The predicted molar refractivity (Wildman–Crippen MR) is 81.2 cm³/mol. The molecule has 3 nitrogen and oxygen atoms in total. The highest BCUT2D eigenvalue weighted by Gasteiger charge is 2.26. The lowest BCUT2D eigenvalue weighted by atomic mass is 9.93. The van der Waals surface area contributed by atoms with Gasteiger partial charge in [0, 0.05) is 25.6 Å². The van der Waals surface area contributed by atoms with Crippen LogP contribution in [0, 0.1) is 5.92 Å². The van der Waals surface area contributed by atoms with Crippen LogP contribution in [0.5, 0.6) is 0 Å². The third-order valence-corrected chi connectivity index (χ3v) is 4.37. The van der Waals surface area contributed by atoms with Gasteiger partial charge < -0.3 is 10.2 Å². The molecule has 0 aromatic heterocycles. The average molecular weight is 268 g/mol. The SMILES string of the molecule is CCCCCCCCC(=O)N1CCC(NC)C(C)C1. The van der Waals surface area contributed by atoms with Crippen molar-refractivity contribution in [3.63, 3.8) is 0 Å². The maximum Gasteiger partial charge on any atom is 0.222 e. The van der Waals surface area contributed by atoms with Crippen LogP contribution in [0.2, 0.25) is 0 Å². The van der Waals surface area contributed by atoms with Crippen LogP contribution < -0.4 is 5.32 Å². The number of likely N-dealkylation sites (tertiary alicyclic amines) is 1. The maximum atomic E-state index is 12.1. The van der Waals surface area contributed by atoms with E-state index in [1.165, 1.54) is 32.1 Å². The summed E-state index contributed by atoms with van der Waals surface area (Å²) in [5.41, 5.74) is 0. The molecule has 1 saturated heterocycles. The lowest BCUT2D eigenvalue weighted by molar-refractivity contribution is -0.133. The van der Waals surface area contributed by atoms with Gasteiger partial charge in [0.05, 0.1) is 0 Å². The molecule has 1 aliphatic rings. The first kappa shape index (κ1) is 16.5. The lowest BCUT2D eigenvalue weighted by Gasteiger charge is -2.36. The number of unbranched alkanes of at least 4 members (excludes halogenated alkanes) is 5. The fourth-order valence-corrected chi connectivity index (χ4v) is 3.02. The van der Waals surface area contributed by atoms with Gasteiger partial charge in [-0.3, -0.25) is 4.79 Å². The van der Waals surface area contributed by atoms with Gasteiger partial charge in [-0.15, -0.1) is 0 Å². The first-order chi connectivity index (χ1) is 9.19. The van der Waals surface area contributed by atoms with E-state index in [0.717, 1.165) is 32.4 Å². The zero-order chi connectivity index (χ0) is 14.1. The Morgan fingerprint density at radius 3 is 2.53 bits per heavy atom. The number of amides is 1. The fourth-order valence-electron chi connectivity index (χ4n) is 3.02. The number of rotatable bonds is 8. The van der Waals surface area contributed by atoms with Gasteiger partial charge in [0.15, 0.2) is 0 Å². The van der Waals surface area contributed by atoms with Crippen LogP contribution in [0.3, 0.4) is 0 Å². The van der Waals surface area contributed by atoms with Crippen molar-refractivity contribution in [2.75, 3.05) is 20.1 Å². The maximum absolute atomic E-state index is 12.1. The normalized spacial score (nSPS) is 23.6. The van der Waals surface area contributed by atoms with Crippen LogP contribution in [-0.2, 0) is 4.79 Å². The average Bonchev–Trinajstić information content (AvgIpc) is 2.42. The third kappa shape index (κ3) is 5.94. The van der Waals surface area contributed by atoms with Crippen molar-refractivity contribution in [1.29, 1.82) is 0 Å². The first-order valence-corrected chi connectivity index (χ1v) is 8.14.